The molecule has 1 aromatic rings. The fourth-order valence-corrected chi connectivity index (χ4v) is 2.52. The third kappa shape index (κ3) is 1.69. The van der Waals surface area contributed by atoms with Gasteiger partial charge >= 0.3 is 0 Å². The Morgan fingerprint density at radius 1 is 1.19 bits per heavy atom. The van der Waals surface area contributed by atoms with Crippen molar-refractivity contribution in [3.63, 3.8) is 0 Å². The van der Waals surface area contributed by atoms with E-state index in [2.05, 4.69) is 37.3 Å². The molecule has 2 aliphatic rings. The van der Waals surface area contributed by atoms with Crippen molar-refractivity contribution in [2.45, 2.75) is 31.6 Å². The van der Waals surface area contributed by atoms with Crippen LogP contribution < -0.4 is 0 Å². The highest BCUT2D eigenvalue weighted by atomic mass is 16.5. The highest BCUT2D eigenvalue weighted by molar-refractivity contribution is 5.70. The molecule has 0 radical (unpaired) electrons. The third-order valence-corrected chi connectivity index (χ3v) is 3.89. The van der Waals surface area contributed by atoms with E-state index in [1.54, 1.807) is 5.56 Å². The first-order valence-electron chi connectivity index (χ1n) is 6.16. The smallest absolute Gasteiger partial charge is 0.0653 e. The molecular formula is C15H18O. The molecular weight excluding hydrogens is 196 g/mol. The Balaban J connectivity index is 2.03. The molecule has 1 heterocycles. The van der Waals surface area contributed by atoms with Crippen molar-refractivity contribution in [3.05, 3.63) is 41.5 Å². The van der Waals surface area contributed by atoms with Crippen molar-refractivity contribution in [1.82, 2.24) is 0 Å². The van der Waals surface area contributed by atoms with Crippen molar-refractivity contribution in [1.29, 1.82) is 0 Å². The molecule has 1 heteroatoms. The lowest BCUT2D eigenvalue weighted by atomic mass is 9.88. The Bertz CT molecular complexity index is 427. The van der Waals surface area contributed by atoms with Crippen LogP contribution in [0.1, 0.15) is 37.3 Å². The minimum absolute atomic E-state index is 0.454. The van der Waals surface area contributed by atoms with Crippen LogP contribution in [-0.4, -0.2) is 13.2 Å². The minimum atomic E-state index is 0.454. The quantitative estimate of drug-likeness (QED) is 0.731. The van der Waals surface area contributed by atoms with Crippen molar-refractivity contribution in [2.24, 2.45) is 0 Å². The summed E-state index contributed by atoms with van der Waals surface area (Å²) in [4.78, 5) is 0. The second-order valence-corrected chi connectivity index (χ2v) is 5.16. The first-order valence-corrected chi connectivity index (χ1v) is 6.16. The Labute approximate surface area is 97.1 Å². The van der Waals surface area contributed by atoms with Crippen LogP contribution in [-0.2, 0) is 10.2 Å². The molecule has 1 fully saturated rings. The molecule has 0 atom stereocenters. The Morgan fingerprint density at radius 2 is 2.00 bits per heavy atom. The van der Waals surface area contributed by atoms with Gasteiger partial charge in [0.05, 0.1) is 13.2 Å². The molecule has 0 spiro atoms. The predicted molar refractivity (Wildman–Crippen MR) is 66.4 cm³/mol. The van der Waals surface area contributed by atoms with Gasteiger partial charge in [-0.1, -0.05) is 37.3 Å². The van der Waals surface area contributed by atoms with Crippen LogP contribution in [0, 0.1) is 0 Å². The molecule has 1 aliphatic heterocycles. The number of hydrogen-bond acceptors (Lipinski definition) is 1. The average molecular weight is 214 g/mol. The van der Waals surface area contributed by atoms with E-state index in [9.17, 15) is 0 Å². The van der Waals surface area contributed by atoms with E-state index >= 15 is 0 Å². The van der Waals surface area contributed by atoms with Gasteiger partial charge in [-0.05, 0) is 41.4 Å². The Morgan fingerprint density at radius 3 is 2.69 bits per heavy atom. The molecule has 0 saturated heterocycles. The lowest BCUT2D eigenvalue weighted by Crippen LogP contribution is -2.09. The van der Waals surface area contributed by atoms with Crippen molar-refractivity contribution in [3.8, 4) is 0 Å². The molecule has 1 aliphatic carbocycles. The Kier molecular flexibility index (Phi) is 2.36. The van der Waals surface area contributed by atoms with Crippen LogP contribution in [0.5, 0.6) is 0 Å². The van der Waals surface area contributed by atoms with Gasteiger partial charge in [-0.25, -0.2) is 0 Å². The van der Waals surface area contributed by atoms with E-state index in [1.165, 1.54) is 24.0 Å². The summed E-state index contributed by atoms with van der Waals surface area (Å²) in [6.45, 7) is 4.03. The fourth-order valence-electron chi connectivity index (χ4n) is 2.52. The fraction of sp³-hybridized carbons (Fsp3) is 0.467. The van der Waals surface area contributed by atoms with Gasteiger partial charge in [0.1, 0.15) is 0 Å². The zero-order valence-corrected chi connectivity index (χ0v) is 9.83. The second-order valence-electron chi connectivity index (χ2n) is 5.16. The van der Waals surface area contributed by atoms with Gasteiger partial charge in [0, 0.05) is 0 Å². The average Bonchev–Trinajstić information content (AvgIpc) is 3.10. The second kappa shape index (κ2) is 3.74. The summed E-state index contributed by atoms with van der Waals surface area (Å²) in [6.07, 6.45) is 5.99. The number of rotatable bonds is 2. The first kappa shape index (κ1) is 10.1. The zero-order chi connectivity index (χ0) is 11.0. The molecule has 0 aromatic heterocycles. The summed E-state index contributed by atoms with van der Waals surface area (Å²) < 4.78 is 5.39. The van der Waals surface area contributed by atoms with Gasteiger partial charge in [0.25, 0.3) is 0 Å². The summed E-state index contributed by atoms with van der Waals surface area (Å²) in [6, 6.07) is 8.90. The van der Waals surface area contributed by atoms with Gasteiger partial charge < -0.3 is 4.74 Å². The number of hydrogen-bond donors (Lipinski definition) is 0. The van der Waals surface area contributed by atoms with Gasteiger partial charge in [-0.3, -0.25) is 0 Å². The monoisotopic (exact) mass is 214 g/mol. The predicted octanol–water partition coefficient (Wildman–Crippen LogP) is 3.54. The summed E-state index contributed by atoms with van der Waals surface area (Å²) in [5.41, 5.74) is 4.94. The van der Waals surface area contributed by atoms with E-state index in [0.29, 0.717) is 5.41 Å². The van der Waals surface area contributed by atoms with E-state index in [-0.39, 0.29) is 0 Å². The molecule has 1 nitrogen and oxygen atoms in total. The molecule has 1 aromatic carbocycles. The summed E-state index contributed by atoms with van der Waals surface area (Å²) in [7, 11) is 0. The largest absolute Gasteiger partial charge is 0.377 e. The topological polar surface area (TPSA) is 9.23 Å². The maximum atomic E-state index is 5.39. The lowest BCUT2D eigenvalue weighted by Gasteiger charge is -2.20. The molecule has 0 bridgehead atoms. The molecule has 3 rings (SSSR count). The van der Waals surface area contributed by atoms with Gasteiger partial charge in [-0.15, -0.1) is 0 Å². The van der Waals surface area contributed by atoms with Crippen molar-refractivity contribution in [2.75, 3.05) is 13.2 Å². The van der Waals surface area contributed by atoms with E-state index < -0.39 is 0 Å². The van der Waals surface area contributed by atoms with Crippen molar-refractivity contribution < 1.29 is 4.74 Å². The number of ether oxygens (including phenoxy) is 1. The molecule has 1 saturated carbocycles. The third-order valence-electron chi connectivity index (χ3n) is 3.89. The lowest BCUT2D eigenvalue weighted by molar-refractivity contribution is 0.161. The van der Waals surface area contributed by atoms with Crippen LogP contribution in [0.25, 0.3) is 5.57 Å². The normalized spacial score (nSPS) is 22.7. The highest BCUT2D eigenvalue weighted by Gasteiger charge is 2.40. The van der Waals surface area contributed by atoms with Gasteiger partial charge in [0.2, 0.25) is 0 Å². The molecule has 0 N–H and O–H groups in total. The van der Waals surface area contributed by atoms with Gasteiger partial charge in [0.15, 0.2) is 0 Å². The number of benzene rings is 1. The van der Waals surface area contributed by atoms with Crippen LogP contribution in [0.2, 0.25) is 0 Å². The first-order chi connectivity index (χ1) is 7.80. The Hall–Kier alpha value is -1.08. The summed E-state index contributed by atoms with van der Waals surface area (Å²) >= 11 is 0. The molecule has 0 unspecified atom stereocenters. The van der Waals surface area contributed by atoms with E-state index in [0.717, 1.165) is 19.6 Å². The summed E-state index contributed by atoms with van der Waals surface area (Å²) in [5.74, 6) is 0. The standard InChI is InChI=1S/C15H18O/c1-15(8-9-15)14-5-3-2-4-13(14)12-6-10-16-11-7-12/h2-6H,7-11H2,1H3. The molecule has 84 valence electrons. The van der Waals surface area contributed by atoms with Crippen LogP contribution in [0.3, 0.4) is 0 Å². The zero-order valence-electron chi connectivity index (χ0n) is 9.83. The van der Waals surface area contributed by atoms with Gasteiger partial charge in [-0.2, -0.15) is 0 Å². The van der Waals surface area contributed by atoms with Crippen molar-refractivity contribution >= 4 is 5.57 Å². The van der Waals surface area contributed by atoms with Crippen LogP contribution >= 0.6 is 0 Å². The van der Waals surface area contributed by atoms with Crippen LogP contribution in [0.4, 0.5) is 0 Å². The van der Waals surface area contributed by atoms with E-state index in [1.807, 2.05) is 0 Å². The maximum Gasteiger partial charge on any atom is 0.0653 e. The van der Waals surface area contributed by atoms with Crippen LogP contribution in [0.15, 0.2) is 30.3 Å². The SMILES string of the molecule is CC1(c2ccccc2C2=CCOCC2)CC1. The maximum absolute atomic E-state index is 5.39. The van der Waals surface area contributed by atoms with E-state index in [4.69, 9.17) is 4.74 Å². The highest BCUT2D eigenvalue weighted by Crippen LogP contribution is 2.50. The summed E-state index contributed by atoms with van der Waals surface area (Å²) in [5, 5.41) is 0. The minimum Gasteiger partial charge on any atom is -0.377 e. The molecule has 16 heavy (non-hydrogen) atoms. The molecule has 0 amide bonds.